The summed E-state index contributed by atoms with van der Waals surface area (Å²) in [6.07, 6.45) is 0.809. The first-order chi connectivity index (χ1) is 9.95. The van der Waals surface area contributed by atoms with Gasteiger partial charge in [-0.1, -0.05) is 39.0 Å². The van der Waals surface area contributed by atoms with Crippen molar-refractivity contribution in [3.8, 4) is 0 Å². The third kappa shape index (κ3) is 5.92. The van der Waals surface area contributed by atoms with Crippen LogP contribution in [-0.2, 0) is 11.8 Å². The highest BCUT2D eigenvalue weighted by Gasteiger charge is 2.17. The fourth-order valence-electron chi connectivity index (χ4n) is 1.77. The smallest absolute Gasteiger partial charge is 0.193 e. The number of nitrogens with zero attached hydrogens (tertiary/aromatic N) is 2. The molecule has 0 atom stereocenters. The molecule has 0 fully saturated rings. The molecule has 0 bridgehead atoms. The Morgan fingerprint density at radius 3 is 2.55 bits per heavy atom. The highest BCUT2D eigenvalue weighted by molar-refractivity contribution is 14.0. The van der Waals surface area contributed by atoms with Crippen LogP contribution in [0.25, 0.3) is 0 Å². The normalized spacial score (nSPS) is 11.9. The average Bonchev–Trinajstić information content (AvgIpc) is 2.88. The third-order valence-corrected chi connectivity index (χ3v) is 4.21. The summed E-state index contributed by atoms with van der Waals surface area (Å²) in [6, 6.07) is 9.79. The predicted molar refractivity (Wildman–Crippen MR) is 106 cm³/mol. The lowest BCUT2D eigenvalue weighted by molar-refractivity contribution is 0.583. The number of aliphatic imine (C=N–C) groups is 1. The number of guanidine groups is 1. The molecule has 1 aromatic carbocycles. The van der Waals surface area contributed by atoms with Crippen LogP contribution in [0.5, 0.6) is 0 Å². The zero-order valence-corrected chi connectivity index (χ0v) is 16.3. The third-order valence-electron chi connectivity index (χ3n) is 2.89. The Morgan fingerprint density at radius 1 is 1.27 bits per heavy atom. The first kappa shape index (κ1) is 18.9. The van der Waals surface area contributed by atoms with E-state index in [2.05, 4.69) is 41.4 Å². The van der Waals surface area contributed by atoms with Gasteiger partial charge in [-0.3, -0.25) is 4.99 Å². The summed E-state index contributed by atoms with van der Waals surface area (Å²) in [5.74, 6) is 0.437. The van der Waals surface area contributed by atoms with Gasteiger partial charge in [-0.05, 0) is 12.1 Å². The summed E-state index contributed by atoms with van der Waals surface area (Å²) in [5.41, 5.74) is 8.01. The van der Waals surface area contributed by atoms with Gasteiger partial charge in [-0.15, -0.1) is 35.3 Å². The van der Waals surface area contributed by atoms with E-state index in [1.165, 1.54) is 0 Å². The second kappa shape index (κ2) is 8.47. The van der Waals surface area contributed by atoms with Crippen LogP contribution in [0, 0.1) is 0 Å². The van der Waals surface area contributed by atoms with Gasteiger partial charge in [0.1, 0.15) is 0 Å². The van der Waals surface area contributed by atoms with Gasteiger partial charge < -0.3 is 11.1 Å². The van der Waals surface area contributed by atoms with Crippen molar-refractivity contribution in [3.63, 3.8) is 0 Å². The van der Waals surface area contributed by atoms with E-state index in [-0.39, 0.29) is 29.4 Å². The highest BCUT2D eigenvalue weighted by Crippen LogP contribution is 2.25. The molecule has 2 rings (SSSR count). The molecule has 0 amide bonds. The van der Waals surface area contributed by atoms with Crippen LogP contribution < -0.4 is 11.1 Å². The molecule has 1 aromatic heterocycles. The standard InChI is InChI=1S/C16H22N4S.HI/c1-16(2,3)14-19-13(11-21-14)9-10-18-15(17)20-12-7-5-4-6-8-12;/h4-8,11H,9-10H2,1-3H3,(H3,17,18,20);1H. The lowest BCUT2D eigenvalue weighted by atomic mass is 9.98. The summed E-state index contributed by atoms with van der Waals surface area (Å²) in [4.78, 5) is 8.98. The minimum Gasteiger partial charge on any atom is -0.370 e. The zero-order chi connectivity index (χ0) is 15.3. The number of para-hydroxylation sites is 1. The van der Waals surface area contributed by atoms with Crippen LogP contribution in [0.2, 0.25) is 0 Å². The van der Waals surface area contributed by atoms with E-state index in [9.17, 15) is 0 Å². The molecule has 6 heteroatoms. The number of benzene rings is 1. The molecule has 3 N–H and O–H groups in total. The van der Waals surface area contributed by atoms with Crippen molar-refractivity contribution in [1.82, 2.24) is 4.98 Å². The number of halogens is 1. The van der Waals surface area contributed by atoms with Crippen molar-refractivity contribution in [2.75, 3.05) is 11.9 Å². The van der Waals surface area contributed by atoms with Gasteiger partial charge >= 0.3 is 0 Å². The molecule has 0 saturated carbocycles. The fourth-order valence-corrected chi connectivity index (χ4v) is 2.71. The van der Waals surface area contributed by atoms with Crippen molar-refractivity contribution in [3.05, 3.63) is 46.4 Å². The molecule has 0 radical (unpaired) electrons. The van der Waals surface area contributed by atoms with Crippen molar-refractivity contribution in [1.29, 1.82) is 0 Å². The van der Waals surface area contributed by atoms with Crippen LogP contribution >= 0.6 is 35.3 Å². The van der Waals surface area contributed by atoms with E-state index in [1.54, 1.807) is 11.3 Å². The Morgan fingerprint density at radius 2 is 1.95 bits per heavy atom. The van der Waals surface area contributed by atoms with Crippen LogP contribution in [0.15, 0.2) is 40.7 Å². The number of rotatable bonds is 4. The Bertz CT molecular complexity index is 602. The Hall–Kier alpha value is -1.15. The molecule has 0 spiro atoms. The van der Waals surface area contributed by atoms with E-state index >= 15 is 0 Å². The van der Waals surface area contributed by atoms with Gasteiger partial charge in [0.05, 0.1) is 10.7 Å². The minimum atomic E-state index is 0. The van der Waals surface area contributed by atoms with Gasteiger partial charge in [0.25, 0.3) is 0 Å². The van der Waals surface area contributed by atoms with Gasteiger partial charge in [0.2, 0.25) is 0 Å². The van der Waals surface area contributed by atoms with Crippen molar-refractivity contribution >= 4 is 47.0 Å². The highest BCUT2D eigenvalue weighted by atomic mass is 127. The molecular formula is C16H23IN4S. The number of anilines is 1. The molecule has 0 saturated heterocycles. The van der Waals surface area contributed by atoms with Gasteiger partial charge in [0.15, 0.2) is 5.96 Å². The largest absolute Gasteiger partial charge is 0.370 e. The van der Waals surface area contributed by atoms with Crippen LogP contribution in [0.1, 0.15) is 31.5 Å². The monoisotopic (exact) mass is 430 g/mol. The number of hydrogen-bond donors (Lipinski definition) is 2. The van der Waals surface area contributed by atoms with E-state index in [1.807, 2.05) is 30.3 Å². The van der Waals surface area contributed by atoms with Crippen molar-refractivity contribution in [2.24, 2.45) is 10.7 Å². The molecule has 0 aliphatic rings. The molecule has 120 valence electrons. The summed E-state index contributed by atoms with van der Waals surface area (Å²) >= 11 is 1.71. The second-order valence-electron chi connectivity index (χ2n) is 5.90. The maximum Gasteiger partial charge on any atom is 0.193 e. The Kier molecular flexibility index (Phi) is 7.28. The lowest BCUT2D eigenvalue weighted by Crippen LogP contribution is -2.23. The van der Waals surface area contributed by atoms with E-state index in [0.29, 0.717) is 12.5 Å². The Balaban J connectivity index is 0.00000242. The lowest BCUT2D eigenvalue weighted by Gasteiger charge is -2.13. The SMILES string of the molecule is CC(C)(C)c1nc(CCN=C(N)Nc2ccccc2)cs1.I. The van der Waals surface area contributed by atoms with Crippen molar-refractivity contribution < 1.29 is 0 Å². The average molecular weight is 430 g/mol. The summed E-state index contributed by atoms with van der Waals surface area (Å²) in [7, 11) is 0. The van der Waals surface area contributed by atoms with E-state index in [4.69, 9.17) is 5.73 Å². The van der Waals surface area contributed by atoms with E-state index in [0.717, 1.165) is 22.8 Å². The summed E-state index contributed by atoms with van der Waals surface area (Å²) in [6.45, 7) is 7.17. The quantitative estimate of drug-likeness (QED) is 0.438. The molecule has 0 unspecified atom stereocenters. The molecule has 0 aliphatic carbocycles. The fraction of sp³-hybridized carbons (Fsp3) is 0.375. The number of nitrogens with two attached hydrogens (primary N) is 1. The van der Waals surface area contributed by atoms with Crippen molar-refractivity contribution in [2.45, 2.75) is 32.6 Å². The summed E-state index contributed by atoms with van der Waals surface area (Å²) < 4.78 is 0. The van der Waals surface area contributed by atoms with Crippen LogP contribution in [0.4, 0.5) is 5.69 Å². The number of thiazole rings is 1. The second-order valence-corrected chi connectivity index (χ2v) is 6.76. The minimum absolute atomic E-state index is 0. The van der Waals surface area contributed by atoms with Crippen LogP contribution in [-0.4, -0.2) is 17.5 Å². The first-order valence-electron chi connectivity index (χ1n) is 7.02. The number of nitrogens with one attached hydrogen (secondary N) is 1. The maximum absolute atomic E-state index is 5.87. The maximum atomic E-state index is 5.87. The molecule has 0 aliphatic heterocycles. The zero-order valence-electron chi connectivity index (χ0n) is 13.2. The Labute approximate surface area is 153 Å². The molecule has 1 heterocycles. The number of aromatic nitrogens is 1. The van der Waals surface area contributed by atoms with Crippen LogP contribution in [0.3, 0.4) is 0 Å². The molecule has 4 nitrogen and oxygen atoms in total. The van der Waals surface area contributed by atoms with Gasteiger partial charge in [-0.25, -0.2) is 4.98 Å². The molecule has 22 heavy (non-hydrogen) atoms. The first-order valence-corrected chi connectivity index (χ1v) is 7.90. The van der Waals surface area contributed by atoms with Gasteiger partial charge in [0, 0.05) is 29.4 Å². The molecular weight excluding hydrogens is 407 g/mol. The number of hydrogen-bond acceptors (Lipinski definition) is 3. The van der Waals surface area contributed by atoms with Gasteiger partial charge in [-0.2, -0.15) is 0 Å². The predicted octanol–water partition coefficient (Wildman–Crippen LogP) is 4.03. The topological polar surface area (TPSA) is 63.3 Å². The van der Waals surface area contributed by atoms with E-state index < -0.39 is 0 Å². The molecule has 2 aromatic rings. The summed E-state index contributed by atoms with van der Waals surface area (Å²) in [5, 5.41) is 6.34.